The quantitative estimate of drug-likeness (QED) is 0.866. The third-order valence-electron chi connectivity index (χ3n) is 4.61. The van der Waals surface area contributed by atoms with Crippen molar-refractivity contribution in [2.45, 2.75) is 51.9 Å². The molecule has 24 heavy (non-hydrogen) atoms. The molecule has 1 aliphatic rings. The normalized spacial score (nSPS) is 18.5. The summed E-state index contributed by atoms with van der Waals surface area (Å²) in [6, 6.07) is 8.95. The molecule has 0 spiro atoms. The van der Waals surface area contributed by atoms with Crippen molar-refractivity contribution < 1.29 is 4.79 Å². The van der Waals surface area contributed by atoms with Gasteiger partial charge in [-0.25, -0.2) is 4.68 Å². The summed E-state index contributed by atoms with van der Waals surface area (Å²) in [5.74, 6) is -0.0940. The van der Waals surface area contributed by atoms with Crippen LogP contribution < -0.4 is 5.32 Å². The summed E-state index contributed by atoms with van der Waals surface area (Å²) in [6.45, 7) is 5.06. The van der Waals surface area contributed by atoms with E-state index in [0.717, 1.165) is 13.1 Å². The van der Waals surface area contributed by atoms with Crippen LogP contribution in [0, 0.1) is 0 Å². The fourth-order valence-corrected chi connectivity index (χ4v) is 3.15. The standard InChI is InChI=1S/C17H24N6O/c1-14-6-4-5-9-22(14)11-16-8-3-2-7-15(16)10-18-17(24)12-23-13-19-20-21-23/h2-3,7-8,13-14H,4-6,9-12H2,1H3,(H,18,24). The zero-order valence-electron chi connectivity index (χ0n) is 14.1. The van der Waals surface area contributed by atoms with E-state index in [1.54, 1.807) is 0 Å². The molecule has 7 nitrogen and oxygen atoms in total. The van der Waals surface area contributed by atoms with Gasteiger partial charge in [0.25, 0.3) is 0 Å². The van der Waals surface area contributed by atoms with Crippen LogP contribution in [0.1, 0.15) is 37.3 Å². The predicted molar refractivity (Wildman–Crippen MR) is 89.8 cm³/mol. The van der Waals surface area contributed by atoms with Gasteiger partial charge in [0.2, 0.25) is 5.91 Å². The van der Waals surface area contributed by atoms with Crippen LogP contribution in [0.25, 0.3) is 0 Å². The maximum Gasteiger partial charge on any atom is 0.242 e. The van der Waals surface area contributed by atoms with E-state index in [2.05, 4.69) is 50.9 Å². The average Bonchev–Trinajstić information content (AvgIpc) is 3.09. The lowest BCUT2D eigenvalue weighted by Crippen LogP contribution is -2.37. The van der Waals surface area contributed by atoms with Gasteiger partial charge in [-0.15, -0.1) is 5.10 Å². The molecule has 2 heterocycles. The van der Waals surface area contributed by atoms with Gasteiger partial charge in [0.1, 0.15) is 12.9 Å². The van der Waals surface area contributed by atoms with Crippen LogP contribution in [-0.4, -0.2) is 43.6 Å². The number of hydrogen-bond donors (Lipinski definition) is 1. The van der Waals surface area contributed by atoms with E-state index < -0.39 is 0 Å². The number of tetrazole rings is 1. The van der Waals surface area contributed by atoms with Crippen molar-refractivity contribution in [3.63, 3.8) is 0 Å². The molecule has 1 aromatic carbocycles. The molecule has 128 valence electrons. The van der Waals surface area contributed by atoms with Crippen molar-refractivity contribution in [1.82, 2.24) is 30.4 Å². The lowest BCUT2D eigenvalue weighted by molar-refractivity contribution is -0.122. The molecule has 0 aliphatic carbocycles. The van der Waals surface area contributed by atoms with Crippen LogP contribution in [0.3, 0.4) is 0 Å². The van der Waals surface area contributed by atoms with Gasteiger partial charge in [-0.1, -0.05) is 30.7 Å². The molecular formula is C17H24N6O. The summed E-state index contributed by atoms with van der Waals surface area (Å²) in [6.07, 6.45) is 5.30. The minimum absolute atomic E-state index is 0.0940. The van der Waals surface area contributed by atoms with Gasteiger partial charge < -0.3 is 5.32 Å². The molecule has 1 saturated heterocycles. The van der Waals surface area contributed by atoms with Gasteiger partial charge in [-0.3, -0.25) is 9.69 Å². The molecule has 1 N–H and O–H groups in total. The Balaban J connectivity index is 1.58. The number of benzene rings is 1. The number of piperidine rings is 1. The molecule has 1 amide bonds. The number of carbonyl (C=O) groups is 1. The van der Waals surface area contributed by atoms with Crippen molar-refractivity contribution in [3.05, 3.63) is 41.7 Å². The molecule has 1 fully saturated rings. The summed E-state index contributed by atoms with van der Waals surface area (Å²) in [4.78, 5) is 14.5. The lowest BCUT2D eigenvalue weighted by atomic mass is 10.0. The Hall–Kier alpha value is -2.28. The van der Waals surface area contributed by atoms with E-state index in [4.69, 9.17) is 0 Å². The Morgan fingerprint density at radius 2 is 2.12 bits per heavy atom. The second kappa shape index (κ2) is 8.01. The molecule has 1 aromatic heterocycles. The largest absolute Gasteiger partial charge is 0.350 e. The number of nitrogens with one attached hydrogen (secondary N) is 1. The number of amides is 1. The first-order chi connectivity index (χ1) is 11.7. The Bertz CT molecular complexity index is 657. The zero-order valence-corrected chi connectivity index (χ0v) is 14.1. The highest BCUT2D eigenvalue weighted by Gasteiger charge is 2.19. The second-order valence-corrected chi connectivity index (χ2v) is 6.37. The van der Waals surface area contributed by atoms with Crippen molar-refractivity contribution in [1.29, 1.82) is 0 Å². The summed E-state index contributed by atoms with van der Waals surface area (Å²) in [7, 11) is 0. The van der Waals surface area contributed by atoms with Crippen LogP contribution in [0.4, 0.5) is 0 Å². The number of aromatic nitrogens is 4. The number of carbonyl (C=O) groups excluding carboxylic acids is 1. The topological polar surface area (TPSA) is 75.9 Å². The van der Waals surface area contributed by atoms with Crippen LogP contribution in [0.2, 0.25) is 0 Å². The monoisotopic (exact) mass is 328 g/mol. The summed E-state index contributed by atoms with van der Waals surface area (Å²) >= 11 is 0. The van der Waals surface area contributed by atoms with E-state index in [1.807, 2.05) is 6.07 Å². The van der Waals surface area contributed by atoms with Gasteiger partial charge in [-0.2, -0.15) is 0 Å². The average molecular weight is 328 g/mol. The zero-order chi connectivity index (χ0) is 16.8. The lowest BCUT2D eigenvalue weighted by Gasteiger charge is -2.33. The van der Waals surface area contributed by atoms with Gasteiger partial charge in [0.05, 0.1) is 0 Å². The predicted octanol–water partition coefficient (Wildman–Crippen LogP) is 1.36. The first-order valence-corrected chi connectivity index (χ1v) is 8.50. The second-order valence-electron chi connectivity index (χ2n) is 6.37. The fourth-order valence-electron chi connectivity index (χ4n) is 3.15. The Kier molecular flexibility index (Phi) is 5.53. The first-order valence-electron chi connectivity index (χ1n) is 8.50. The SMILES string of the molecule is CC1CCCCN1Cc1ccccc1CNC(=O)Cn1cnnn1. The van der Waals surface area contributed by atoms with Crippen LogP contribution in [0.5, 0.6) is 0 Å². The first kappa shape index (κ1) is 16.6. The molecular weight excluding hydrogens is 304 g/mol. The molecule has 0 bridgehead atoms. The third kappa shape index (κ3) is 4.38. The van der Waals surface area contributed by atoms with Crippen molar-refractivity contribution in [2.75, 3.05) is 6.54 Å². The van der Waals surface area contributed by atoms with E-state index >= 15 is 0 Å². The van der Waals surface area contributed by atoms with Gasteiger partial charge in [-0.05, 0) is 47.9 Å². The summed E-state index contributed by atoms with van der Waals surface area (Å²) in [5.41, 5.74) is 2.45. The van der Waals surface area contributed by atoms with Crippen molar-refractivity contribution in [2.24, 2.45) is 0 Å². The summed E-state index contributed by atoms with van der Waals surface area (Å²) < 4.78 is 1.41. The highest BCUT2D eigenvalue weighted by Crippen LogP contribution is 2.20. The number of hydrogen-bond acceptors (Lipinski definition) is 5. The van der Waals surface area contributed by atoms with E-state index in [0.29, 0.717) is 12.6 Å². The highest BCUT2D eigenvalue weighted by molar-refractivity contribution is 5.75. The summed E-state index contributed by atoms with van der Waals surface area (Å²) in [5, 5.41) is 13.7. The molecule has 1 atom stereocenters. The molecule has 1 aliphatic heterocycles. The van der Waals surface area contributed by atoms with Gasteiger partial charge in [0.15, 0.2) is 0 Å². The molecule has 2 aromatic rings. The maximum absolute atomic E-state index is 12.0. The molecule has 0 radical (unpaired) electrons. The van der Waals surface area contributed by atoms with Crippen LogP contribution in [-0.2, 0) is 24.4 Å². The Labute approximate surface area is 142 Å². The number of likely N-dealkylation sites (tertiary alicyclic amines) is 1. The number of rotatable bonds is 6. The molecule has 0 saturated carbocycles. The van der Waals surface area contributed by atoms with Gasteiger partial charge in [0, 0.05) is 19.1 Å². The fraction of sp³-hybridized carbons (Fsp3) is 0.529. The minimum atomic E-state index is -0.0940. The molecule has 3 rings (SSSR count). The van der Waals surface area contributed by atoms with Crippen molar-refractivity contribution >= 4 is 5.91 Å². The molecule has 7 heteroatoms. The van der Waals surface area contributed by atoms with E-state index in [1.165, 1.54) is 41.4 Å². The van der Waals surface area contributed by atoms with Crippen molar-refractivity contribution in [3.8, 4) is 0 Å². The highest BCUT2D eigenvalue weighted by atomic mass is 16.2. The van der Waals surface area contributed by atoms with E-state index in [9.17, 15) is 4.79 Å². The van der Waals surface area contributed by atoms with Crippen LogP contribution in [0.15, 0.2) is 30.6 Å². The maximum atomic E-state index is 12.0. The van der Waals surface area contributed by atoms with E-state index in [-0.39, 0.29) is 12.5 Å². The Morgan fingerprint density at radius 3 is 2.88 bits per heavy atom. The Morgan fingerprint density at radius 1 is 1.29 bits per heavy atom. The van der Waals surface area contributed by atoms with Gasteiger partial charge >= 0.3 is 0 Å². The van der Waals surface area contributed by atoms with Crippen LogP contribution >= 0.6 is 0 Å². The molecule has 1 unspecified atom stereocenters. The minimum Gasteiger partial charge on any atom is -0.350 e. The smallest absolute Gasteiger partial charge is 0.242 e. The number of nitrogens with zero attached hydrogens (tertiary/aromatic N) is 5. The third-order valence-corrected chi connectivity index (χ3v) is 4.61.